The van der Waals surface area contributed by atoms with Crippen molar-refractivity contribution in [1.29, 1.82) is 0 Å². The summed E-state index contributed by atoms with van der Waals surface area (Å²) in [6, 6.07) is 8.70. The molecule has 1 heteroatoms. The molecule has 0 heterocycles. The number of benzene rings is 1. The molecule has 1 aliphatic rings. The summed E-state index contributed by atoms with van der Waals surface area (Å²) in [6.07, 6.45) is 0. The van der Waals surface area contributed by atoms with E-state index < -0.39 is 0 Å². The molecule has 1 aromatic rings. The normalized spacial score (nSPS) is 18.4. The minimum atomic E-state index is 0. The molecule has 70 valence electrons. The second-order valence-corrected chi connectivity index (χ2v) is 3.62. The molecule has 0 N–H and O–H groups in total. The van der Waals surface area contributed by atoms with Crippen LogP contribution in [-0.2, 0) is 0 Å². The molecule has 0 aromatic heterocycles. The predicted molar refractivity (Wildman–Crippen MR) is 59.5 cm³/mol. The third kappa shape index (κ3) is 2.22. The maximum Gasteiger partial charge on any atom is 1.00 e. The van der Waals surface area contributed by atoms with Crippen LogP contribution in [-0.4, -0.2) is 0 Å². The average molecular weight is 212 g/mol. The van der Waals surface area contributed by atoms with Gasteiger partial charge in [-0.3, -0.25) is 0 Å². The van der Waals surface area contributed by atoms with Gasteiger partial charge in [-0.25, -0.2) is 0 Å². The van der Waals surface area contributed by atoms with Crippen molar-refractivity contribution in [2.24, 2.45) is 0 Å². The van der Waals surface area contributed by atoms with Crippen molar-refractivity contribution < 1.29 is 51.4 Å². The van der Waals surface area contributed by atoms with Crippen molar-refractivity contribution in [3.05, 3.63) is 48.4 Å². The van der Waals surface area contributed by atoms with E-state index in [1.54, 1.807) is 0 Å². The number of fused-ring (bicyclic) bond motifs is 1. The van der Waals surface area contributed by atoms with Crippen molar-refractivity contribution in [1.82, 2.24) is 0 Å². The number of rotatable bonds is 0. The van der Waals surface area contributed by atoms with Crippen molar-refractivity contribution in [2.45, 2.75) is 26.7 Å². The molecule has 0 saturated heterocycles. The Bertz CT molecular complexity index is 350. The Morgan fingerprint density at radius 2 is 1.64 bits per heavy atom. The molecule has 1 unspecified atom stereocenters. The predicted octanol–water partition coefficient (Wildman–Crippen LogP) is 1.05. The summed E-state index contributed by atoms with van der Waals surface area (Å²) in [5, 5.41) is 0. The molecule has 14 heavy (non-hydrogen) atoms. The van der Waals surface area contributed by atoms with Crippen LogP contribution in [0.2, 0.25) is 0 Å². The first-order valence-electron chi connectivity index (χ1n) is 4.48. The van der Waals surface area contributed by atoms with Crippen molar-refractivity contribution in [2.75, 3.05) is 0 Å². The van der Waals surface area contributed by atoms with E-state index in [9.17, 15) is 0 Å². The van der Waals surface area contributed by atoms with Gasteiger partial charge in [-0.15, -0.1) is 0 Å². The molecule has 2 rings (SSSR count). The Morgan fingerprint density at radius 3 is 2.21 bits per heavy atom. The van der Waals surface area contributed by atoms with Crippen LogP contribution in [0, 0.1) is 7.43 Å². The summed E-state index contributed by atoms with van der Waals surface area (Å²) in [7, 11) is 0. The van der Waals surface area contributed by atoms with Crippen LogP contribution in [0.4, 0.5) is 0 Å². The van der Waals surface area contributed by atoms with Crippen LogP contribution >= 0.6 is 0 Å². The molecule has 0 radical (unpaired) electrons. The number of hydrogen-bond acceptors (Lipinski definition) is 0. The van der Waals surface area contributed by atoms with Crippen molar-refractivity contribution in [3.63, 3.8) is 0 Å². The molecule has 1 aliphatic carbocycles. The van der Waals surface area contributed by atoms with Gasteiger partial charge in [0.2, 0.25) is 0 Å². The Morgan fingerprint density at radius 1 is 1.07 bits per heavy atom. The van der Waals surface area contributed by atoms with E-state index in [-0.39, 0.29) is 58.8 Å². The third-order valence-electron chi connectivity index (χ3n) is 3.07. The van der Waals surface area contributed by atoms with Gasteiger partial charge < -0.3 is 7.43 Å². The van der Waals surface area contributed by atoms with Gasteiger partial charge >= 0.3 is 51.4 Å². The Hall–Kier alpha value is 0.596. The van der Waals surface area contributed by atoms with Gasteiger partial charge in [-0.2, -0.15) is 0 Å². The molecular formula is C13H17K. The van der Waals surface area contributed by atoms with Crippen LogP contribution in [0.5, 0.6) is 0 Å². The third-order valence-corrected chi connectivity index (χ3v) is 3.07. The average Bonchev–Trinajstić information content (AvgIpc) is 2.33. The molecule has 0 bridgehead atoms. The van der Waals surface area contributed by atoms with E-state index in [0.717, 1.165) is 0 Å². The Balaban J connectivity index is 0.000000845. The minimum Gasteiger partial charge on any atom is -0.358 e. The van der Waals surface area contributed by atoms with Crippen molar-refractivity contribution in [3.8, 4) is 0 Å². The van der Waals surface area contributed by atoms with Gasteiger partial charge in [0.25, 0.3) is 0 Å². The SMILES string of the molecule is CC1=C(C)C(C)c2ccccc21.[CH3-].[K+]. The van der Waals surface area contributed by atoms with E-state index in [1.807, 2.05) is 0 Å². The zero-order valence-corrected chi connectivity index (χ0v) is 13.0. The van der Waals surface area contributed by atoms with Gasteiger partial charge in [0, 0.05) is 5.92 Å². The topological polar surface area (TPSA) is 0 Å². The first-order valence-corrected chi connectivity index (χ1v) is 4.48. The molecule has 0 nitrogen and oxygen atoms in total. The van der Waals surface area contributed by atoms with Crippen molar-refractivity contribution >= 4 is 5.57 Å². The van der Waals surface area contributed by atoms with Crippen LogP contribution in [0.15, 0.2) is 29.8 Å². The first kappa shape index (κ1) is 14.6. The smallest absolute Gasteiger partial charge is 0.358 e. The Labute approximate surface area is 130 Å². The molecule has 0 aliphatic heterocycles. The first-order chi connectivity index (χ1) is 5.72. The molecule has 0 saturated carbocycles. The molecule has 1 aromatic carbocycles. The van der Waals surface area contributed by atoms with Crippen LogP contribution in [0.1, 0.15) is 37.8 Å². The fraction of sp³-hybridized carbons (Fsp3) is 0.308. The van der Waals surface area contributed by atoms with Crippen LogP contribution in [0.3, 0.4) is 0 Å². The second-order valence-electron chi connectivity index (χ2n) is 3.62. The minimum absolute atomic E-state index is 0. The quantitative estimate of drug-likeness (QED) is 0.445. The van der Waals surface area contributed by atoms with Gasteiger partial charge in [0.05, 0.1) is 0 Å². The van der Waals surface area contributed by atoms with E-state index in [2.05, 4.69) is 45.0 Å². The maximum atomic E-state index is 2.28. The van der Waals surface area contributed by atoms with E-state index in [0.29, 0.717) is 5.92 Å². The van der Waals surface area contributed by atoms with E-state index >= 15 is 0 Å². The fourth-order valence-electron chi connectivity index (χ4n) is 1.99. The fourth-order valence-corrected chi connectivity index (χ4v) is 1.99. The maximum absolute atomic E-state index is 2.28. The number of allylic oxidation sites excluding steroid dienone is 2. The van der Waals surface area contributed by atoms with E-state index in [1.165, 1.54) is 22.3 Å². The summed E-state index contributed by atoms with van der Waals surface area (Å²) < 4.78 is 0. The molecule has 0 fully saturated rings. The summed E-state index contributed by atoms with van der Waals surface area (Å²) in [5.74, 6) is 0.626. The second kappa shape index (κ2) is 5.62. The van der Waals surface area contributed by atoms with E-state index in [4.69, 9.17) is 0 Å². The van der Waals surface area contributed by atoms with Crippen LogP contribution < -0.4 is 51.4 Å². The van der Waals surface area contributed by atoms with Gasteiger partial charge in [0.15, 0.2) is 0 Å². The molecule has 0 amide bonds. The summed E-state index contributed by atoms with van der Waals surface area (Å²) in [6.45, 7) is 6.74. The zero-order valence-electron chi connectivity index (χ0n) is 9.89. The summed E-state index contributed by atoms with van der Waals surface area (Å²) in [4.78, 5) is 0. The molecular weight excluding hydrogens is 195 g/mol. The summed E-state index contributed by atoms with van der Waals surface area (Å²) >= 11 is 0. The monoisotopic (exact) mass is 212 g/mol. The zero-order chi connectivity index (χ0) is 8.72. The molecule has 1 atom stereocenters. The van der Waals surface area contributed by atoms with Gasteiger partial charge in [-0.05, 0) is 30.5 Å². The van der Waals surface area contributed by atoms with Gasteiger partial charge in [0.1, 0.15) is 0 Å². The number of hydrogen-bond donors (Lipinski definition) is 0. The standard InChI is InChI=1S/C12H14.CH3.K/c1-8-9(2)11-6-4-5-7-12(11)10(8)3;;/h4-7,9H,1-3H3;1H3;/q;-1;+1. The molecule has 0 spiro atoms. The largest absolute Gasteiger partial charge is 1.00 e. The van der Waals surface area contributed by atoms with Crippen LogP contribution in [0.25, 0.3) is 5.57 Å². The van der Waals surface area contributed by atoms with Gasteiger partial charge in [-0.1, -0.05) is 36.8 Å². The Kier molecular flexibility index (Phi) is 5.86. The summed E-state index contributed by atoms with van der Waals surface area (Å²) in [5.41, 5.74) is 5.93.